The van der Waals surface area contributed by atoms with Gasteiger partial charge in [0, 0.05) is 43.4 Å². The van der Waals surface area contributed by atoms with Crippen LogP contribution in [0.3, 0.4) is 0 Å². The van der Waals surface area contributed by atoms with Gasteiger partial charge in [0.1, 0.15) is 5.60 Å². The number of aliphatic hydroxyl groups is 1. The fourth-order valence-electron chi connectivity index (χ4n) is 2.74. The van der Waals surface area contributed by atoms with Gasteiger partial charge in [-0.05, 0) is 31.5 Å². The van der Waals surface area contributed by atoms with Crippen molar-refractivity contribution in [3.8, 4) is 12.3 Å². The van der Waals surface area contributed by atoms with Crippen LogP contribution in [0.2, 0.25) is 5.02 Å². The monoisotopic (exact) mass is 386 g/mol. The molecule has 1 aromatic carbocycles. The van der Waals surface area contributed by atoms with Gasteiger partial charge in [0.2, 0.25) is 0 Å². The average Bonchev–Trinajstić information content (AvgIpc) is 2.60. The van der Waals surface area contributed by atoms with Crippen molar-refractivity contribution in [2.24, 2.45) is 0 Å². The lowest BCUT2D eigenvalue weighted by Crippen LogP contribution is -2.49. The molecule has 2 unspecified atom stereocenters. The summed E-state index contributed by atoms with van der Waals surface area (Å²) in [5.74, 6) is 2.65. The summed E-state index contributed by atoms with van der Waals surface area (Å²) in [6, 6.07) is 7.93. The third-order valence-electron chi connectivity index (χ3n) is 4.59. The molecule has 1 fully saturated rings. The summed E-state index contributed by atoms with van der Waals surface area (Å²) in [6.07, 6.45) is 5.69. The number of rotatable bonds is 7. The van der Waals surface area contributed by atoms with Crippen LogP contribution in [0.25, 0.3) is 0 Å². The minimum Gasteiger partial charge on any atom is -0.389 e. The Kier molecular flexibility index (Phi) is 9.06. The molecule has 2 atom stereocenters. The highest BCUT2D eigenvalue weighted by atomic mass is 35.5. The number of benzene rings is 1. The predicted octanol–water partition coefficient (Wildman–Crippen LogP) is 3.06. The zero-order valence-electron chi connectivity index (χ0n) is 14.9. The van der Waals surface area contributed by atoms with E-state index in [0.29, 0.717) is 6.54 Å². The molecule has 0 saturated carbocycles. The molecule has 4 nitrogen and oxygen atoms in total. The molecule has 0 spiro atoms. The molecule has 6 heteroatoms. The van der Waals surface area contributed by atoms with Gasteiger partial charge in [0.05, 0.1) is 12.7 Å². The van der Waals surface area contributed by atoms with Gasteiger partial charge in [-0.3, -0.25) is 4.90 Å². The lowest BCUT2D eigenvalue weighted by atomic mass is 10.1. The van der Waals surface area contributed by atoms with Gasteiger partial charge in [-0.1, -0.05) is 30.5 Å². The van der Waals surface area contributed by atoms with Crippen LogP contribution in [0.1, 0.15) is 20.3 Å². The second-order valence-electron chi connectivity index (χ2n) is 6.46. The van der Waals surface area contributed by atoms with E-state index in [2.05, 4.69) is 21.8 Å². The van der Waals surface area contributed by atoms with E-state index in [0.717, 1.165) is 43.3 Å². The van der Waals surface area contributed by atoms with Crippen LogP contribution >= 0.6 is 24.0 Å². The largest absolute Gasteiger partial charge is 0.389 e. The number of terminal acetylenes is 1. The number of nitrogens with zero attached hydrogens (tertiary/aromatic N) is 2. The maximum atomic E-state index is 10.2. The van der Waals surface area contributed by atoms with E-state index >= 15 is 0 Å². The fraction of sp³-hybridized carbons (Fsp3) is 0.579. The molecule has 0 amide bonds. The summed E-state index contributed by atoms with van der Waals surface area (Å²) < 4.78 is 5.70. The summed E-state index contributed by atoms with van der Waals surface area (Å²) in [6.45, 7) is 8.39. The number of β-amino-alcohol motifs (C(OH)–C–C–N with tert-alkyl or cyclic N) is 1. The maximum Gasteiger partial charge on any atom is 0.125 e. The third-order valence-corrected chi connectivity index (χ3v) is 4.82. The lowest BCUT2D eigenvalue weighted by molar-refractivity contribution is -0.0473. The van der Waals surface area contributed by atoms with Gasteiger partial charge >= 0.3 is 0 Å². The van der Waals surface area contributed by atoms with Crippen molar-refractivity contribution in [2.75, 3.05) is 44.2 Å². The predicted molar refractivity (Wildman–Crippen MR) is 107 cm³/mol. The van der Waals surface area contributed by atoms with E-state index in [9.17, 15) is 5.11 Å². The van der Waals surface area contributed by atoms with Gasteiger partial charge in [0.15, 0.2) is 0 Å². The second-order valence-corrected chi connectivity index (χ2v) is 6.90. The highest BCUT2D eigenvalue weighted by Gasteiger charge is 2.23. The fourth-order valence-corrected chi connectivity index (χ4v) is 2.92. The van der Waals surface area contributed by atoms with Crippen molar-refractivity contribution < 1.29 is 9.84 Å². The molecule has 1 heterocycles. The van der Waals surface area contributed by atoms with Gasteiger partial charge in [-0.2, -0.15) is 0 Å². The molecule has 0 aliphatic carbocycles. The zero-order chi connectivity index (χ0) is 17.6. The summed E-state index contributed by atoms with van der Waals surface area (Å²) in [7, 11) is 0. The van der Waals surface area contributed by atoms with E-state index in [1.54, 1.807) is 0 Å². The van der Waals surface area contributed by atoms with Gasteiger partial charge in [-0.25, -0.2) is 0 Å². The molecule has 1 saturated heterocycles. The van der Waals surface area contributed by atoms with Crippen LogP contribution in [-0.4, -0.2) is 61.0 Å². The molecular weight excluding hydrogens is 359 g/mol. The Balaban J connectivity index is 0.00000312. The minimum atomic E-state index is -0.591. The first-order valence-electron chi connectivity index (χ1n) is 8.48. The minimum absolute atomic E-state index is 0. The van der Waals surface area contributed by atoms with Crippen molar-refractivity contribution in [1.29, 1.82) is 0 Å². The molecule has 25 heavy (non-hydrogen) atoms. The molecule has 1 aliphatic heterocycles. The maximum absolute atomic E-state index is 10.2. The Hall–Kier alpha value is -0.960. The Morgan fingerprint density at radius 1 is 1.36 bits per heavy atom. The van der Waals surface area contributed by atoms with Crippen molar-refractivity contribution in [1.82, 2.24) is 4.90 Å². The first kappa shape index (κ1) is 22.1. The highest BCUT2D eigenvalue weighted by Crippen LogP contribution is 2.21. The SMILES string of the molecule is C#CC(C)(CC)OCC(O)CN1CCN(c2cccc(Cl)c2)CC1.Cl. The molecule has 1 aromatic rings. The van der Waals surface area contributed by atoms with Crippen LogP contribution in [0.5, 0.6) is 0 Å². The first-order valence-corrected chi connectivity index (χ1v) is 8.86. The summed E-state index contributed by atoms with van der Waals surface area (Å²) in [4.78, 5) is 4.58. The second kappa shape index (κ2) is 10.3. The molecule has 1 aliphatic rings. The van der Waals surface area contributed by atoms with Gasteiger partial charge in [-0.15, -0.1) is 18.8 Å². The van der Waals surface area contributed by atoms with E-state index in [4.69, 9.17) is 22.8 Å². The van der Waals surface area contributed by atoms with Crippen molar-refractivity contribution >= 4 is 29.7 Å². The number of hydrogen-bond acceptors (Lipinski definition) is 4. The van der Waals surface area contributed by atoms with E-state index in [1.165, 1.54) is 0 Å². The van der Waals surface area contributed by atoms with Crippen molar-refractivity contribution in [2.45, 2.75) is 32.0 Å². The Morgan fingerprint density at radius 2 is 2.04 bits per heavy atom. The van der Waals surface area contributed by atoms with Crippen LogP contribution in [0.4, 0.5) is 5.69 Å². The Bertz CT molecular complexity index is 571. The Morgan fingerprint density at radius 3 is 2.60 bits per heavy atom. The highest BCUT2D eigenvalue weighted by molar-refractivity contribution is 6.30. The molecule has 140 valence electrons. The van der Waals surface area contributed by atoms with Crippen molar-refractivity contribution in [3.63, 3.8) is 0 Å². The molecule has 1 N–H and O–H groups in total. The zero-order valence-corrected chi connectivity index (χ0v) is 16.5. The van der Waals surface area contributed by atoms with E-state index in [1.807, 2.05) is 32.0 Å². The average molecular weight is 387 g/mol. The molecule has 0 radical (unpaired) electrons. The van der Waals surface area contributed by atoms with Gasteiger partial charge < -0.3 is 14.7 Å². The molecule has 2 rings (SSSR count). The molecular formula is C19H28Cl2N2O2. The normalized spacial score (nSPS) is 18.8. The summed E-state index contributed by atoms with van der Waals surface area (Å²) in [5.41, 5.74) is 0.561. The third kappa shape index (κ3) is 6.69. The number of hydrogen-bond donors (Lipinski definition) is 1. The van der Waals surface area contributed by atoms with Crippen LogP contribution in [-0.2, 0) is 4.74 Å². The number of piperazine rings is 1. The quantitative estimate of drug-likeness (QED) is 0.730. The first-order chi connectivity index (χ1) is 11.5. The molecule has 0 bridgehead atoms. The summed E-state index contributed by atoms with van der Waals surface area (Å²) >= 11 is 6.06. The number of anilines is 1. The topological polar surface area (TPSA) is 35.9 Å². The number of aliphatic hydroxyl groups excluding tert-OH is 1. The van der Waals surface area contributed by atoms with Crippen LogP contribution in [0, 0.1) is 12.3 Å². The van der Waals surface area contributed by atoms with Crippen LogP contribution in [0.15, 0.2) is 24.3 Å². The van der Waals surface area contributed by atoms with Crippen LogP contribution < -0.4 is 4.90 Å². The van der Waals surface area contributed by atoms with Gasteiger partial charge in [0.25, 0.3) is 0 Å². The number of halogens is 2. The molecule has 0 aromatic heterocycles. The smallest absolute Gasteiger partial charge is 0.125 e. The van der Waals surface area contributed by atoms with E-state index in [-0.39, 0.29) is 19.0 Å². The van der Waals surface area contributed by atoms with Crippen molar-refractivity contribution in [3.05, 3.63) is 29.3 Å². The lowest BCUT2D eigenvalue weighted by Gasteiger charge is -2.37. The number of ether oxygens (including phenoxy) is 1. The van der Waals surface area contributed by atoms with E-state index < -0.39 is 11.7 Å². The Labute approximate surface area is 162 Å². The summed E-state index contributed by atoms with van der Waals surface area (Å²) in [5, 5.41) is 11.0. The standard InChI is InChI=1S/C19H27ClN2O2.ClH/c1-4-19(3,5-2)24-15-18(23)14-21-9-11-22(12-10-21)17-8-6-7-16(20)13-17;/h1,6-8,13,18,23H,5,9-12,14-15H2,2-3H3;1H.